The molecule has 0 bridgehead atoms. The highest BCUT2D eigenvalue weighted by molar-refractivity contribution is 5.44. The molecule has 0 fully saturated rings. The van der Waals surface area contributed by atoms with Crippen LogP contribution in [0, 0.1) is 0 Å². The van der Waals surface area contributed by atoms with E-state index in [0.29, 0.717) is 18.0 Å². The molecular formula is C6H13NO2. The van der Waals surface area contributed by atoms with Gasteiger partial charge in [0, 0.05) is 6.54 Å². The Morgan fingerprint density at radius 1 is 1.56 bits per heavy atom. The summed E-state index contributed by atoms with van der Waals surface area (Å²) < 4.78 is 0. The highest BCUT2D eigenvalue weighted by Gasteiger charge is 1.92. The third kappa shape index (κ3) is 5.30. The van der Waals surface area contributed by atoms with Crippen LogP contribution < -0.4 is 0 Å². The van der Waals surface area contributed by atoms with E-state index < -0.39 is 0 Å². The van der Waals surface area contributed by atoms with Gasteiger partial charge in [0.15, 0.2) is 0 Å². The molecule has 0 heterocycles. The third-order valence-corrected chi connectivity index (χ3v) is 1.11. The monoisotopic (exact) mass is 131 g/mol. The van der Waals surface area contributed by atoms with E-state index in [4.69, 9.17) is 5.21 Å². The predicted octanol–water partition coefficient (Wildman–Crippen LogP) is 1.02. The number of hydrogen-bond acceptors (Lipinski definition) is 2. The van der Waals surface area contributed by atoms with Crippen molar-refractivity contribution in [2.45, 2.75) is 26.2 Å². The van der Waals surface area contributed by atoms with Crippen molar-refractivity contribution in [3.8, 4) is 0 Å². The smallest absolute Gasteiger partial charge is 0.233 e. The van der Waals surface area contributed by atoms with Gasteiger partial charge in [-0.25, -0.2) is 5.06 Å². The summed E-state index contributed by atoms with van der Waals surface area (Å²) in [6.07, 6.45) is 3.47. The van der Waals surface area contributed by atoms with E-state index in [1.807, 2.05) is 0 Å². The SMILES string of the molecule is CCCCCN(O)C=O. The van der Waals surface area contributed by atoms with Gasteiger partial charge < -0.3 is 0 Å². The first-order chi connectivity index (χ1) is 4.31. The Bertz CT molecular complexity index is 75.5. The van der Waals surface area contributed by atoms with Crippen molar-refractivity contribution in [3.05, 3.63) is 0 Å². The van der Waals surface area contributed by atoms with E-state index in [0.717, 1.165) is 19.3 Å². The molecule has 0 saturated heterocycles. The molecule has 1 amide bonds. The highest BCUT2D eigenvalue weighted by Crippen LogP contribution is 1.93. The molecule has 0 aliphatic carbocycles. The van der Waals surface area contributed by atoms with Crippen LogP contribution in [0.1, 0.15) is 26.2 Å². The molecule has 0 radical (unpaired) electrons. The molecule has 0 unspecified atom stereocenters. The maximum Gasteiger partial charge on any atom is 0.233 e. The van der Waals surface area contributed by atoms with Gasteiger partial charge in [0.25, 0.3) is 0 Å². The summed E-state index contributed by atoms with van der Waals surface area (Å²) >= 11 is 0. The number of hydrogen-bond donors (Lipinski definition) is 1. The topological polar surface area (TPSA) is 40.5 Å². The summed E-state index contributed by atoms with van der Waals surface area (Å²) in [6, 6.07) is 0. The maximum absolute atomic E-state index is 9.77. The summed E-state index contributed by atoms with van der Waals surface area (Å²) in [7, 11) is 0. The second kappa shape index (κ2) is 5.56. The normalized spacial score (nSPS) is 9.11. The van der Waals surface area contributed by atoms with Gasteiger partial charge in [-0.15, -0.1) is 0 Å². The Labute approximate surface area is 55.2 Å². The molecule has 0 aliphatic rings. The van der Waals surface area contributed by atoms with Crippen LogP contribution in [0.4, 0.5) is 0 Å². The van der Waals surface area contributed by atoms with E-state index in [2.05, 4.69) is 6.92 Å². The number of hydroxylamine groups is 2. The zero-order valence-electron chi connectivity index (χ0n) is 5.71. The molecular weight excluding hydrogens is 118 g/mol. The molecule has 0 aromatic rings. The quantitative estimate of drug-likeness (QED) is 0.262. The molecule has 9 heavy (non-hydrogen) atoms. The number of unbranched alkanes of at least 4 members (excludes halogenated alkanes) is 2. The Morgan fingerprint density at radius 2 is 2.22 bits per heavy atom. The molecule has 0 aliphatic heterocycles. The van der Waals surface area contributed by atoms with Gasteiger partial charge >= 0.3 is 0 Å². The number of nitrogens with zero attached hydrogens (tertiary/aromatic N) is 1. The van der Waals surface area contributed by atoms with Crippen molar-refractivity contribution in [1.29, 1.82) is 0 Å². The van der Waals surface area contributed by atoms with Gasteiger partial charge in [-0.1, -0.05) is 19.8 Å². The van der Waals surface area contributed by atoms with Gasteiger partial charge in [0.1, 0.15) is 0 Å². The average Bonchev–Trinajstić information content (AvgIpc) is 1.89. The van der Waals surface area contributed by atoms with Crippen LogP contribution >= 0.6 is 0 Å². The lowest BCUT2D eigenvalue weighted by atomic mass is 10.2. The number of carbonyl (C=O) groups is 1. The largest absolute Gasteiger partial charge is 0.286 e. The molecule has 3 heteroatoms. The van der Waals surface area contributed by atoms with E-state index in [-0.39, 0.29) is 0 Å². The van der Waals surface area contributed by atoms with Crippen LogP contribution in [0.2, 0.25) is 0 Å². The fourth-order valence-corrected chi connectivity index (χ4v) is 0.577. The van der Waals surface area contributed by atoms with Crippen LogP contribution in [0.3, 0.4) is 0 Å². The van der Waals surface area contributed by atoms with Gasteiger partial charge in [-0.3, -0.25) is 10.0 Å². The van der Waals surface area contributed by atoms with Gasteiger partial charge in [0.2, 0.25) is 6.41 Å². The summed E-state index contributed by atoms with van der Waals surface area (Å²) in [5.74, 6) is 0. The van der Waals surface area contributed by atoms with Gasteiger partial charge in [-0.2, -0.15) is 0 Å². The molecule has 0 aromatic heterocycles. The molecule has 0 saturated carbocycles. The molecule has 0 aromatic carbocycles. The van der Waals surface area contributed by atoms with Gasteiger partial charge in [-0.05, 0) is 6.42 Å². The number of rotatable bonds is 5. The van der Waals surface area contributed by atoms with E-state index >= 15 is 0 Å². The first kappa shape index (κ1) is 8.43. The fourth-order valence-electron chi connectivity index (χ4n) is 0.577. The highest BCUT2D eigenvalue weighted by atomic mass is 16.5. The first-order valence-electron chi connectivity index (χ1n) is 3.22. The van der Waals surface area contributed by atoms with Crippen LogP contribution in [-0.4, -0.2) is 23.2 Å². The second-order valence-electron chi connectivity index (χ2n) is 1.98. The minimum absolute atomic E-state index is 0.426. The minimum Gasteiger partial charge on any atom is -0.286 e. The van der Waals surface area contributed by atoms with Crippen LogP contribution in [0.25, 0.3) is 0 Å². The lowest BCUT2D eigenvalue weighted by Gasteiger charge is -2.05. The minimum atomic E-state index is 0.426. The molecule has 0 atom stereocenters. The molecule has 54 valence electrons. The molecule has 0 spiro atoms. The van der Waals surface area contributed by atoms with Crippen molar-refractivity contribution in [2.75, 3.05) is 6.54 Å². The zero-order chi connectivity index (χ0) is 7.11. The van der Waals surface area contributed by atoms with Crippen molar-refractivity contribution >= 4 is 6.41 Å². The van der Waals surface area contributed by atoms with Crippen LogP contribution in [0.5, 0.6) is 0 Å². The summed E-state index contributed by atoms with van der Waals surface area (Å²) in [6.45, 7) is 2.53. The number of carbonyl (C=O) groups excluding carboxylic acids is 1. The average molecular weight is 131 g/mol. The van der Waals surface area contributed by atoms with Crippen molar-refractivity contribution < 1.29 is 10.0 Å². The van der Waals surface area contributed by atoms with Crippen molar-refractivity contribution in [3.63, 3.8) is 0 Å². The lowest BCUT2D eigenvalue weighted by molar-refractivity contribution is -0.149. The van der Waals surface area contributed by atoms with E-state index in [1.54, 1.807) is 0 Å². The Morgan fingerprint density at radius 3 is 2.67 bits per heavy atom. The van der Waals surface area contributed by atoms with Gasteiger partial charge in [0.05, 0.1) is 0 Å². The first-order valence-corrected chi connectivity index (χ1v) is 3.22. The summed E-state index contributed by atoms with van der Waals surface area (Å²) in [4.78, 5) is 9.77. The Kier molecular flexibility index (Phi) is 5.21. The summed E-state index contributed by atoms with van der Waals surface area (Å²) in [5.41, 5.74) is 0. The number of amides is 1. The lowest BCUT2D eigenvalue weighted by Crippen LogP contribution is -2.17. The fraction of sp³-hybridized carbons (Fsp3) is 0.833. The van der Waals surface area contributed by atoms with Crippen molar-refractivity contribution in [2.24, 2.45) is 0 Å². The predicted molar refractivity (Wildman–Crippen MR) is 34.1 cm³/mol. The van der Waals surface area contributed by atoms with E-state index in [1.165, 1.54) is 0 Å². The molecule has 3 nitrogen and oxygen atoms in total. The Hall–Kier alpha value is -0.570. The molecule has 1 N–H and O–H groups in total. The van der Waals surface area contributed by atoms with Crippen LogP contribution in [-0.2, 0) is 4.79 Å². The second-order valence-corrected chi connectivity index (χ2v) is 1.98. The maximum atomic E-state index is 9.77. The zero-order valence-corrected chi connectivity index (χ0v) is 5.71. The van der Waals surface area contributed by atoms with Crippen LogP contribution in [0.15, 0.2) is 0 Å². The standard InChI is InChI=1S/C6H13NO2/c1-2-3-4-5-7(9)6-8/h6,9H,2-5H2,1H3. The summed E-state index contributed by atoms with van der Waals surface area (Å²) in [5, 5.41) is 9.23. The molecule has 0 rings (SSSR count). The van der Waals surface area contributed by atoms with Crippen molar-refractivity contribution in [1.82, 2.24) is 5.06 Å². The third-order valence-electron chi connectivity index (χ3n) is 1.11. The Balaban J connectivity index is 2.96. The van der Waals surface area contributed by atoms with E-state index in [9.17, 15) is 4.79 Å².